The van der Waals surface area contributed by atoms with Gasteiger partial charge in [-0.05, 0) is 25.5 Å². The zero-order chi connectivity index (χ0) is 14.9. The van der Waals surface area contributed by atoms with Crippen LogP contribution in [0.25, 0.3) is 5.65 Å². The molecule has 0 bridgehead atoms. The Morgan fingerprint density at radius 3 is 3.05 bits per heavy atom. The third-order valence-electron chi connectivity index (χ3n) is 4.38. The molecule has 4 heterocycles. The molecule has 3 aromatic heterocycles. The summed E-state index contributed by atoms with van der Waals surface area (Å²) in [4.78, 5) is 7.32. The van der Waals surface area contributed by atoms with Crippen molar-refractivity contribution in [2.45, 2.75) is 31.8 Å². The minimum Gasteiger partial charge on any atom is -0.290 e. The van der Waals surface area contributed by atoms with Gasteiger partial charge in [-0.2, -0.15) is 10.2 Å². The van der Waals surface area contributed by atoms with Crippen LogP contribution in [0, 0.1) is 0 Å². The van der Waals surface area contributed by atoms with Gasteiger partial charge in [0.15, 0.2) is 5.65 Å². The van der Waals surface area contributed by atoms with Crippen LogP contribution in [0.5, 0.6) is 0 Å². The van der Waals surface area contributed by atoms with Crippen LogP contribution in [0.2, 0.25) is 0 Å². The Morgan fingerprint density at radius 1 is 1.23 bits per heavy atom. The summed E-state index contributed by atoms with van der Waals surface area (Å²) < 4.78 is 3.68. The van der Waals surface area contributed by atoms with Crippen LogP contribution in [0.15, 0.2) is 36.9 Å². The summed E-state index contributed by atoms with van der Waals surface area (Å²) in [5.74, 6) is 0. The van der Waals surface area contributed by atoms with Crippen molar-refractivity contribution >= 4 is 5.65 Å². The Kier molecular flexibility index (Phi) is 3.38. The molecule has 3 aromatic rings. The highest BCUT2D eigenvalue weighted by molar-refractivity contribution is 5.37. The first-order valence-electron chi connectivity index (χ1n) is 7.81. The Morgan fingerprint density at radius 2 is 2.18 bits per heavy atom. The van der Waals surface area contributed by atoms with E-state index in [1.807, 2.05) is 34.7 Å². The minimum absolute atomic E-state index is 0.383. The highest BCUT2D eigenvalue weighted by Crippen LogP contribution is 2.31. The molecule has 6 heteroatoms. The second-order valence-corrected chi connectivity index (χ2v) is 5.99. The van der Waals surface area contributed by atoms with Gasteiger partial charge in [0.25, 0.3) is 0 Å². The third kappa shape index (κ3) is 2.50. The largest absolute Gasteiger partial charge is 0.290 e. The topological polar surface area (TPSA) is 51.2 Å². The highest BCUT2D eigenvalue weighted by Gasteiger charge is 2.25. The fraction of sp³-hybridized carbons (Fsp3) is 0.438. The first-order chi connectivity index (χ1) is 10.8. The van der Waals surface area contributed by atoms with E-state index in [0.29, 0.717) is 6.04 Å². The maximum atomic E-state index is 4.79. The van der Waals surface area contributed by atoms with Gasteiger partial charge in [-0.15, -0.1) is 0 Å². The molecule has 0 unspecified atom stereocenters. The van der Waals surface area contributed by atoms with Crippen molar-refractivity contribution in [1.82, 2.24) is 29.3 Å². The lowest BCUT2D eigenvalue weighted by atomic mass is 9.98. The van der Waals surface area contributed by atoms with E-state index < -0.39 is 0 Å². The van der Waals surface area contributed by atoms with E-state index in [9.17, 15) is 0 Å². The Labute approximate surface area is 129 Å². The van der Waals surface area contributed by atoms with Crippen LogP contribution < -0.4 is 0 Å². The average Bonchev–Trinajstić information content (AvgIpc) is 3.16. The first-order valence-corrected chi connectivity index (χ1v) is 7.81. The average molecular weight is 296 g/mol. The van der Waals surface area contributed by atoms with Gasteiger partial charge in [0.1, 0.15) is 0 Å². The van der Waals surface area contributed by atoms with Crippen LogP contribution in [0.3, 0.4) is 0 Å². The van der Waals surface area contributed by atoms with Gasteiger partial charge in [0.2, 0.25) is 0 Å². The van der Waals surface area contributed by atoms with Crippen molar-refractivity contribution in [3.63, 3.8) is 0 Å². The normalized spacial score (nSPS) is 19.8. The molecule has 22 heavy (non-hydrogen) atoms. The molecule has 0 N–H and O–H groups in total. The van der Waals surface area contributed by atoms with Gasteiger partial charge in [-0.3, -0.25) is 9.58 Å². The lowest BCUT2D eigenvalue weighted by Crippen LogP contribution is -2.33. The van der Waals surface area contributed by atoms with E-state index >= 15 is 0 Å². The lowest BCUT2D eigenvalue weighted by molar-refractivity contribution is 0.137. The van der Waals surface area contributed by atoms with Gasteiger partial charge < -0.3 is 0 Å². The molecular formula is C16H20N6. The molecule has 0 spiro atoms. The van der Waals surface area contributed by atoms with Gasteiger partial charge in [-0.25, -0.2) is 9.50 Å². The molecule has 1 aliphatic rings. The molecule has 1 aliphatic heterocycles. The maximum Gasteiger partial charge on any atom is 0.155 e. The predicted molar refractivity (Wildman–Crippen MR) is 83.2 cm³/mol. The molecule has 0 aliphatic carbocycles. The standard InChI is InChI=1S/C16H20N6/c1-20-11-13(10-18-20)12-21-8-3-2-4-15(21)14-6-9-22-16(19-14)5-7-17-22/h5-7,9-11,15H,2-4,8,12H2,1H3/t15-/m1/s1. The van der Waals surface area contributed by atoms with Crippen LogP contribution in [0.1, 0.15) is 36.6 Å². The number of piperidine rings is 1. The van der Waals surface area contributed by atoms with Crippen LogP contribution in [-0.4, -0.2) is 35.8 Å². The van der Waals surface area contributed by atoms with E-state index in [-0.39, 0.29) is 0 Å². The Hall–Kier alpha value is -2.21. The lowest BCUT2D eigenvalue weighted by Gasteiger charge is -2.35. The Balaban J connectivity index is 1.61. The van der Waals surface area contributed by atoms with Gasteiger partial charge in [-0.1, -0.05) is 6.42 Å². The van der Waals surface area contributed by atoms with Crippen molar-refractivity contribution in [3.05, 3.63) is 48.2 Å². The van der Waals surface area contributed by atoms with E-state index in [1.165, 1.54) is 18.4 Å². The molecule has 4 rings (SSSR count). The van der Waals surface area contributed by atoms with Crippen molar-refractivity contribution in [1.29, 1.82) is 0 Å². The summed E-state index contributed by atoms with van der Waals surface area (Å²) in [6.45, 7) is 2.05. The number of hydrogen-bond donors (Lipinski definition) is 0. The molecule has 0 radical (unpaired) electrons. The molecule has 6 nitrogen and oxygen atoms in total. The van der Waals surface area contributed by atoms with E-state index in [2.05, 4.69) is 27.4 Å². The number of hydrogen-bond acceptors (Lipinski definition) is 4. The summed E-state index contributed by atoms with van der Waals surface area (Å²) in [5, 5.41) is 8.50. The van der Waals surface area contributed by atoms with Crippen molar-refractivity contribution in [2.24, 2.45) is 7.05 Å². The smallest absolute Gasteiger partial charge is 0.155 e. The second-order valence-electron chi connectivity index (χ2n) is 5.99. The molecule has 114 valence electrons. The van der Waals surface area contributed by atoms with Crippen LogP contribution in [0.4, 0.5) is 0 Å². The minimum atomic E-state index is 0.383. The number of aryl methyl sites for hydroxylation is 1. The molecule has 0 amide bonds. The molecule has 1 atom stereocenters. The number of nitrogens with zero attached hydrogens (tertiary/aromatic N) is 6. The predicted octanol–water partition coefficient (Wildman–Crippen LogP) is 2.19. The van der Waals surface area contributed by atoms with E-state index in [1.54, 1.807) is 6.20 Å². The van der Waals surface area contributed by atoms with Crippen molar-refractivity contribution in [3.8, 4) is 0 Å². The van der Waals surface area contributed by atoms with Gasteiger partial charge >= 0.3 is 0 Å². The number of likely N-dealkylation sites (tertiary alicyclic amines) is 1. The summed E-state index contributed by atoms with van der Waals surface area (Å²) >= 11 is 0. The van der Waals surface area contributed by atoms with Crippen molar-refractivity contribution < 1.29 is 0 Å². The zero-order valence-electron chi connectivity index (χ0n) is 12.8. The summed E-state index contributed by atoms with van der Waals surface area (Å²) in [6.07, 6.45) is 11.5. The Bertz CT molecular complexity index is 774. The maximum absolute atomic E-state index is 4.79. The third-order valence-corrected chi connectivity index (χ3v) is 4.38. The first kappa shape index (κ1) is 13.5. The molecular weight excluding hydrogens is 276 g/mol. The fourth-order valence-corrected chi connectivity index (χ4v) is 3.32. The molecule has 1 fully saturated rings. The second kappa shape index (κ2) is 5.53. The highest BCUT2D eigenvalue weighted by atomic mass is 15.3. The monoisotopic (exact) mass is 296 g/mol. The van der Waals surface area contributed by atoms with Gasteiger partial charge in [0.05, 0.1) is 24.1 Å². The fourth-order valence-electron chi connectivity index (χ4n) is 3.32. The van der Waals surface area contributed by atoms with E-state index in [0.717, 1.165) is 30.9 Å². The quantitative estimate of drug-likeness (QED) is 0.743. The zero-order valence-corrected chi connectivity index (χ0v) is 12.8. The van der Waals surface area contributed by atoms with Crippen LogP contribution in [-0.2, 0) is 13.6 Å². The summed E-state index contributed by atoms with van der Waals surface area (Å²) in [7, 11) is 1.96. The summed E-state index contributed by atoms with van der Waals surface area (Å²) in [6, 6.07) is 4.44. The van der Waals surface area contributed by atoms with Crippen molar-refractivity contribution in [2.75, 3.05) is 6.54 Å². The number of rotatable bonds is 3. The summed E-state index contributed by atoms with van der Waals surface area (Å²) in [5.41, 5.74) is 3.33. The molecule has 0 saturated carbocycles. The number of fused-ring (bicyclic) bond motifs is 1. The number of aromatic nitrogens is 5. The SMILES string of the molecule is Cn1cc(CN2CCCC[C@@H]2c2ccn3nccc3n2)cn1. The van der Waals surface area contributed by atoms with E-state index in [4.69, 9.17) is 4.98 Å². The van der Waals surface area contributed by atoms with Crippen LogP contribution >= 0.6 is 0 Å². The van der Waals surface area contributed by atoms with Gasteiger partial charge in [0, 0.05) is 37.6 Å². The molecule has 1 saturated heterocycles. The molecule has 0 aromatic carbocycles.